The molecule has 3 atom stereocenters. The smallest absolute Gasteiger partial charge is 0.271 e. The number of nitrogens with one attached hydrogen (secondary N) is 1. The second-order valence-electron chi connectivity index (χ2n) is 7.41. The highest BCUT2D eigenvalue weighted by Crippen LogP contribution is 2.63. The van der Waals surface area contributed by atoms with Crippen LogP contribution in [0.3, 0.4) is 0 Å². The Hall–Kier alpha value is -1.10. The summed E-state index contributed by atoms with van der Waals surface area (Å²) in [5.41, 5.74) is 1.47. The monoisotopic (exact) mass is 352 g/mol. The van der Waals surface area contributed by atoms with Crippen LogP contribution in [0, 0.1) is 26.9 Å². The molecule has 2 saturated carbocycles. The van der Waals surface area contributed by atoms with Gasteiger partial charge in [-0.1, -0.05) is 20.8 Å². The van der Waals surface area contributed by atoms with Crippen molar-refractivity contribution in [2.45, 2.75) is 46.1 Å². The second kappa shape index (κ2) is 4.70. The van der Waals surface area contributed by atoms with E-state index in [1.165, 1.54) is 25.3 Å². The van der Waals surface area contributed by atoms with Gasteiger partial charge in [0.25, 0.3) is 5.69 Å². The fourth-order valence-electron chi connectivity index (χ4n) is 4.56. The van der Waals surface area contributed by atoms with Crippen LogP contribution in [0.1, 0.15) is 40.0 Å². The second-order valence-corrected chi connectivity index (χ2v) is 8.27. The molecular weight excluding hydrogens is 332 g/mol. The van der Waals surface area contributed by atoms with Crippen LogP contribution in [0.2, 0.25) is 0 Å². The van der Waals surface area contributed by atoms with E-state index in [0.29, 0.717) is 6.04 Å². The first-order valence-corrected chi connectivity index (χ1v) is 8.24. The molecule has 114 valence electrons. The number of anilines is 1. The van der Waals surface area contributed by atoms with Crippen LogP contribution < -0.4 is 5.32 Å². The standard InChI is InChI=1S/C16H21BrN2O2/c1-15(2)10-6-7-16(3,9-10)14(15)18-13-8-11(19(20)21)4-5-12(13)17/h4-5,8,10,14,18H,6-7,9H2,1-3H3. The van der Waals surface area contributed by atoms with Crippen LogP contribution in [0.5, 0.6) is 0 Å². The lowest BCUT2D eigenvalue weighted by molar-refractivity contribution is -0.384. The summed E-state index contributed by atoms with van der Waals surface area (Å²) in [6.45, 7) is 7.00. The van der Waals surface area contributed by atoms with E-state index in [4.69, 9.17) is 0 Å². The molecule has 3 rings (SSSR count). The van der Waals surface area contributed by atoms with Crippen LogP contribution in [-0.4, -0.2) is 11.0 Å². The van der Waals surface area contributed by atoms with Gasteiger partial charge in [0.2, 0.25) is 0 Å². The van der Waals surface area contributed by atoms with E-state index in [9.17, 15) is 10.1 Å². The van der Waals surface area contributed by atoms with E-state index in [0.717, 1.165) is 16.1 Å². The van der Waals surface area contributed by atoms with Gasteiger partial charge in [-0.3, -0.25) is 10.1 Å². The van der Waals surface area contributed by atoms with Crippen LogP contribution in [0.4, 0.5) is 11.4 Å². The minimum Gasteiger partial charge on any atom is -0.380 e. The Morgan fingerprint density at radius 3 is 2.67 bits per heavy atom. The number of nitro groups is 1. The van der Waals surface area contributed by atoms with Gasteiger partial charge in [-0.15, -0.1) is 0 Å². The predicted molar refractivity (Wildman–Crippen MR) is 87.4 cm³/mol. The molecule has 1 aromatic carbocycles. The first-order chi connectivity index (χ1) is 9.74. The highest BCUT2D eigenvalue weighted by molar-refractivity contribution is 9.10. The number of nitro benzene ring substituents is 1. The van der Waals surface area contributed by atoms with E-state index < -0.39 is 0 Å². The fraction of sp³-hybridized carbons (Fsp3) is 0.625. The molecule has 4 nitrogen and oxygen atoms in total. The summed E-state index contributed by atoms with van der Waals surface area (Å²) in [6, 6.07) is 5.27. The number of nitrogens with zero attached hydrogens (tertiary/aromatic N) is 1. The quantitative estimate of drug-likeness (QED) is 0.616. The van der Waals surface area contributed by atoms with Crippen molar-refractivity contribution in [3.63, 3.8) is 0 Å². The largest absolute Gasteiger partial charge is 0.380 e. The SMILES string of the molecule is CC12CCC(C1)C(C)(C)C2Nc1cc([N+](=O)[O-])ccc1Br. The Morgan fingerprint density at radius 1 is 1.38 bits per heavy atom. The van der Waals surface area contributed by atoms with Gasteiger partial charge in [-0.2, -0.15) is 0 Å². The molecule has 0 heterocycles. The number of hydrogen-bond donors (Lipinski definition) is 1. The highest BCUT2D eigenvalue weighted by Gasteiger charge is 2.59. The average Bonchev–Trinajstić information content (AvgIpc) is 2.87. The van der Waals surface area contributed by atoms with Gasteiger partial charge >= 0.3 is 0 Å². The normalized spacial score (nSPS) is 33.1. The molecule has 2 bridgehead atoms. The molecule has 21 heavy (non-hydrogen) atoms. The Balaban J connectivity index is 1.93. The molecule has 0 radical (unpaired) electrons. The third kappa shape index (κ3) is 2.26. The molecule has 0 spiro atoms. The van der Waals surface area contributed by atoms with Crippen molar-refractivity contribution >= 4 is 27.3 Å². The topological polar surface area (TPSA) is 55.2 Å². The van der Waals surface area contributed by atoms with E-state index in [1.54, 1.807) is 12.1 Å². The minimum atomic E-state index is -0.342. The maximum Gasteiger partial charge on any atom is 0.271 e. The average molecular weight is 353 g/mol. The van der Waals surface area contributed by atoms with E-state index in [1.807, 2.05) is 0 Å². The van der Waals surface area contributed by atoms with E-state index in [2.05, 4.69) is 42.0 Å². The summed E-state index contributed by atoms with van der Waals surface area (Å²) in [4.78, 5) is 10.6. The van der Waals surface area contributed by atoms with Crippen molar-refractivity contribution in [2.24, 2.45) is 16.7 Å². The molecule has 2 aliphatic carbocycles. The highest BCUT2D eigenvalue weighted by atomic mass is 79.9. The zero-order chi connectivity index (χ0) is 15.4. The van der Waals surface area contributed by atoms with Gasteiger partial charge in [0.15, 0.2) is 0 Å². The van der Waals surface area contributed by atoms with Crippen LogP contribution in [-0.2, 0) is 0 Å². The summed E-state index contributed by atoms with van der Waals surface area (Å²) < 4.78 is 0.885. The molecule has 0 saturated heterocycles. The maximum absolute atomic E-state index is 11.0. The van der Waals surface area contributed by atoms with Crippen LogP contribution in [0.15, 0.2) is 22.7 Å². The summed E-state index contributed by atoms with van der Waals surface area (Å²) >= 11 is 3.51. The zero-order valence-electron chi connectivity index (χ0n) is 12.6. The Labute approximate surface area is 133 Å². The van der Waals surface area contributed by atoms with Crippen LogP contribution in [0.25, 0.3) is 0 Å². The molecule has 0 aliphatic heterocycles. The summed E-state index contributed by atoms with van der Waals surface area (Å²) in [5, 5.41) is 14.6. The predicted octanol–water partition coefficient (Wildman–Crippen LogP) is 4.98. The van der Waals surface area contributed by atoms with Crippen molar-refractivity contribution in [3.8, 4) is 0 Å². The lowest BCUT2D eigenvalue weighted by Gasteiger charge is -2.43. The zero-order valence-corrected chi connectivity index (χ0v) is 14.2. The Kier molecular flexibility index (Phi) is 3.32. The summed E-state index contributed by atoms with van der Waals surface area (Å²) in [5.74, 6) is 0.748. The minimum absolute atomic E-state index is 0.131. The fourth-order valence-corrected chi connectivity index (χ4v) is 4.92. The van der Waals surface area contributed by atoms with Gasteiger partial charge in [0.05, 0.1) is 10.6 Å². The molecular formula is C16H21BrN2O2. The van der Waals surface area contributed by atoms with Crippen molar-refractivity contribution in [1.82, 2.24) is 0 Å². The number of benzene rings is 1. The van der Waals surface area contributed by atoms with Gasteiger partial charge in [-0.25, -0.2) is 0 Å². The first-order valence-electron chi connectivity index (χ1n) is 7.44. The third-order valence-corrected chi connectivity index (χ3v) is 6.42. The van der Waals surface area contributed by atoms with Gasteiger partial charge < -0.3 is 5.32 Å². The van der Waals surface area contributed by atoms with Crippen molar-refractivity contribution in [3.05, 3.63) is 32.8 Å². The van der Waals surface area contributed by atoms with Crippen molar-refractivity contribution in [1.29, 1.82) is 0 Å². The third-order valence-electron chi connectivity index (χ3n) is 5.73. The van der Waals surface area contributed by atoms with Crippen molar-refractivity contribution in [2.75, 3.05) is 5.32 Å². The lowest BCUT2D eigenvalue weighted by Crippen LogP contribution is -2.45. The number of halogens is 1. The Bertz CT molecular complexity index is 597. The van der Waals surface area contributed by atoms with E-state index in [-0.39, 0.29) is 21.4 Å². The van der Waals surface area contributed by atoms with Gasteiger partial charge in [-0.05, 0) is 58.0 Å². The molecule has 1 aromatic rings. The maximum atomic E-state index is 11.0. The van der Waals surface area contributed by atoms with E-state index >= 15 is 0 Å². The summed E-state index contributed by atoms with van der Waals surface area (Å²) in [7, 11) is 0. The molecule has 0 amide bonds. The number of rotatable bonds is 3. The lowest BCUT2D eigenvalue weighted by atomic mass is 9.68. The molecule has 3 unspecified atom stereocenters. The van der Waals surface area contributed by atoms with Crippen molar-refractivity contribution < 1.29 is 4.92 Å². The molecule has 5 heteroatoms. The molecule has 2 fully saturated rings. The molecule has 0 aromatic heterocycles. The number of non-ortho nitro benzene ring substituents is 1. The first kappa shape index (κ1) is 14.8. The number of fused-ring (bicyclic) bond motifs is 2. The Morgan fingerprint density at radius 2 is 2.10 bits per heavy atom. The number of hydrogen-bond acceptors (Lipinski definition) is 3. The van der Waals surface area contributed by atoms with Crippen LogP contribution >= 0.6 is 15.9 Å². The molecule has 2 aliphatic rings. The molecule has 1 N–H and O–H groups in total. The van der Waals surface area contributed by atoms with Gasteiger partial charge in [0.1, 0.15) is 0 Å². The summed E-state index contributed by atoms with van der Waals surface area (Å²) in [6.07, 6.45) is 3.80. The van der Waals surface area contributed by atoms with Gasteiger partial charge in [0, 0.05) is 22.6 Å².